The van der Waals surface area contributed by atoms with Crippen molar-refractivity contribution in [3.63, 3.8) is 0 Å². The summed E-state index contributed by atoms with van der Waals surface area (Å²) in [4.78, 5) is 2.39. The molecule has 1 aliphatic rings. The Balaban J connectivity index is 1.42. The van der Waals surface area contributed by atoms with Gasteiger partial charge in [-0.05, 0) is 41.3 Å². The molecule has 3 heterocycles. The van der Waals surface area contributed by atoms with Gasteiger partial charge in [-0.15, -0.1) is 10.2 Å². The molecular weight excluding hydrogens is 400 g/mol. The predicted octanol–water partition coefficient (Wildman–Crippen LogP) is 2.47. The fourth-order valence-corrected chi connectivity index (χ4v) is 4.87. The number of rotatable bonds is 4. The van der Waals surface area contributed by atoms with Crippen LogP contribution in [0.1, 0.15) is 26.3 Å². The SMILES string of the molecule is CC(C)(C)c1ccc(S(=O)(=O)N2CCN(c3ccc(-n4cccn4)nn3)CC2)cc1. The van der Waals surface area contributed by atoms with Gasteiger partial charge < -0.3 is 4.90 Å². The highest BCUT2D eigenvalue weighted by Gasteiger charge is 2.29. The average molecular weight is 427 g/mol. The molecule has 0 bridgehead atoms. The summed E-state index contributed by atoms with van der Waals surface area (Å²) in [5, 5.41) is 12.6. The number of benzene rings is 1. The molecule has 1 aliphatic heterocycles. The van der Waals surface area contributed by atoms with Crippen molar-refractivity contribution in [3.8, 4) is 5.82 Å². The van der Waals surface area contributed by atoms with Crippen LogP contribution in [0.15, 0.2) is 59.8 Å². The maximum atomic E-state index is 13.0. The lowest BCUT2D eigenvalue weighted by atomic mass is 9.87. The number of nitrogens with zero attached hydrogens (tertiary/aromatic N) is 6. The lowest BCUT2D eigenvalue weighted by Gasteiger charge is -2.34. The van der Waals surface area contributed by atoms with Crippen molar-refractivity contribution < 1.29 is 8.42 Å². The molecule has 0 spiro atoms. The maximum absolute atomic E-state index is 13.0. The van der Waals surface area contributed by atoms with Gasteiger partial charge in [-0.1, -0.05) is 32.9 Å². The number of sulfonamides is 1. The van der Waals surface area contributed by atoms with Gasteiger partial charge in [0.2, 0.25) is 10.0 Å². The van der Waals surface area contributed by atoms with Crippen molar-refractivity contribution >= 4 is 15.8 Å². The Bertz CT molecular complexity index is 1080. The number of anilines is 1. The van der Waals surface area contributed by atoms with Crippen LogP contribution in [-0.2, 0) is 15.4 Å². The minimum atomic E-state index is -3.51. The van der Waals surface area contributed by atoms with Crippen LogP contribution in [0.4, 0.5) is 5.82 Å². The Kier molecular flexibility index (Phi) is 5.33. The second kappa shape index (κ2) is 7.81. The summed E-state index contributed by atoms with van der Waals surface area (Å²) < 4.78 is 29.3. The average Bonchev–Trinajstić information content (AvgIpc) is 3.28. The molecule has 0 aliphatic carbocycles. The van der Waals surface area contributed by atoms with E-state index >= 15 is 0 Å². The summed E-state index contributed by atoms with van der Waals surface area (Å²) in [6.45, 7) is 8.28. The van der Waals surface area contributed by atoms with Crippen molar-refractivity contribution in [2.45, 2.75) is 31.1 Å². The molecule has 0 unspecified atom stereocenters. The topological polar surface area (TPSA) is 84.2 Å². The lowest BCUT2D eigenvalue weighted by molar-refractivity contribution is 0.383. The summed E-state index contributed by atoms with van der Waals surface area (Å²) >= 11 is 0. The van der Waals surface area contributed by atoms with Crippen LogP contribution >= 0.6 is 0 Å². The standard InChI is InChI=1S/C21H26N6O2S/c1-21(2,3)17-5-7-18(8-6-17)30(28,29)26-15-13-25(14-16-26)19-9-10-20(24-23-19)27-12-4-11-22-27/h4-12H,13-16H2,1-3H3. The van der Waals surface area contributed by atoms with Crippen LogP contribution in [0, 0.1) is 0 Å². The van der Waals surface area contributed by atoms with E-state index in [0.29, 0.717) is 36.9 Å². The summed E-state index contributed by atoms with van der Waals surface area (Å²) in [7, 11) is -3.51. The number of hydrogen-bond donors (Lipinski definition) is 0. The molecule has 30 heavy (non-hydrogen) atoms. The summed E-state index contributed by atoms with van der Waals surface area (Å²) in [6.07, 6.45) is 3.49. The van der Waals surface area contributed by atoms with Crippen LogP contribution in [0.2, 0.25) is 0 Å². The first kappa shape index (κ1) is 20.5. The molecule has 1 fully saturated rings. The number of aromatic nitrogens is 4. The van der Waals surface area contributed by atoms with E-state index in [1.807, 2.05) is 30.3 Å². The fourth-order valence-electron chi connectivity index (χ4n) is 3.45. The zero-order valence-electron chi connectivity index (χ0n) is 17.4. The van der Waals surface area contributed by atoms with E-state index in [9.17, 15) is 8.42 Å². The third kappa shape index (κ3) is 4.08. The van der Waals surface area contributed by atoms with Gasteiger partial charge in [0, 0.05) is 38.6 Å². The van der Waals surface area contributed by atoms with E-state index in [-0.39, 0.29) is 5.41 Å². The Labute approximate surface area is 177 Å². The van der Waals surface area contributed by atoms with Crippen LogP contribution in [0.5, 0.6) is 0 Å². The molecule has 0 radical (unpaired) electrons. The highest BCUT2D eigenvalue weighted by atomic mass is 32.2. The van der Waals surface area contributed by atoms with Crippen LogP contribution in [-0.4, -0.2) is 58.9 Å². The fraction of sp³-hybridized carbons (Fsp3) is 0.381. The first-order valence-corrected chi connectivity index (χ1v) is 11.4. The van der Waals surface area contributed by atoms with Gasteiger partial charge in [-0.25, -0.2) is 13.1 Å². The number of piperazine rings is 1. The summed E-state index contributed by atoms with van der Waals surface area (Å²) in [5.41, 5.74) is 1.10. The minimum Gasteiger partial charge on any atom is -0.352 e. The monoisotopic (exact) mass is 426 g/mol. The third-order valence-corrected chi connectivity index (χ3v) is 7.21. The highest BCUT2D eigenvalue weighted by molar-refractivity contribution is 7.89. The quantitative estimate of drug-likeness (QED) is 0.637. The molecule has 0 atom stereocenters. The van der Waals surface area contributed by atoms with Crippen molar-refractivity contribution in [2.75, 3.05) is 31.1 Å². The summed E-state index contributed by atoms with van der Waals surface area (Å²) in [5.74, 6) is 1.38. The highest BCUT2D eigenvalue weighted by Crippen LogP contribution is 2.25. The van der Waals surface area contributed by atoms with Crippen LogP contribution < -0.4 is 4.90 Å². The first-order chi connectivity index (χ1) is 14.2. The van der Waals surface area contributed by atoms with Gasteiger partial charge in [0.15, 0.2) is 11.6 Å². The number of hydrogen-bond acceptors (Lipinski definition) is 6. The lowest BCUT2D eigenvalue weighted by Crippen LogP contribution is -2.49. The van der Waals surface area contributed by atoms with Crippen molar-refractivity contribution in [3.05, 3.63) is 60.4 Å². The van der Waals surface area contributed by atoms with Gasteiger partial charge in [-0.2, -0.15) is 9.40 Å². The predicted molar refractivity (Wildman–Crippen MR) is 115 cm³/mol. The smallest absolute Gasteiger partial charge is 0.243 e. The Hall–Kier alpha value is -2.78. The molecule has 2 aromatic heterocycles. The van der Waals surface area contributed by atoms with Crippen molar-refractivity contribution in [1.82, 2.24) is 24.3 Å². The Morgan fingerprint density at radius 3 is 2.03 bits per heavy atom. The zero-order chi connectivity index (χ0) is 21.4. The molecule has 1 saturated heterocycles. The van der Waals surface area contributed by atoms with Gasteiger partial charge >= 0.3 is 0 Å². The van der Waals surface area contributed by atoms with Gasteiger partial charge in [0.25, 0.3) is 0 Å². The summed E-state index contributed by atoms with van der Waals surface area (Å²) in [6, 6.07) is 12.8. The van der Waals surface area contributed by atoms with Crippen molar-refractivity contribution in [1.29, 1.82) is 0 Å². The molecule has 3 aromatic rings. The van der Waals surface area contributed by atoms with E-state index in [0.717, 1.165) is 11.4 Å². The van der Waals surface area contributed by atoms with Gasteiger partial charge in [-0.3, -0.25) is 0 Å². The van der Waals surface area contributed by atoms with Crippen LogP contribution in [0.25, 0.3) is 5.82 Å². The molecule has 0 amide bonds. The first-order valence-electron chi connectivity index (χ1n) is 9.94. The molecule has 0 N–H and O–H groups in total. The molecule has 9 heteroatoms. The molecule has 4 rings (SSSR count). The second-order valence-electron chi connectivity index (χ2n) is 8.37. The van der Waals surface area contributed by atoms with Gasteiger partial charge in [0.1, 0.15) is 0 Å². The zero-order valence-corrected chi connectivity index (χ0v) is 18.2. The molecule has 0 saturated carbocycles. The third-order valence-electron chi connectivity index (χ3n) is 5.30. The van der Waals surface area contributed by atoms with Crippen molar-refractivity contribution in [2.24, 2.45) is 0 Å². The van der Waals surface area contributed by atoms with E-state index in [4.69, 9.17) is 0 Å². The normalized spacial score (nSPS) is 16.0. The van der Waals surface area contributed by atoms with E-state index in [1.54, 1.807) is 33.5 Å². The second-order valence-corrected chi connectivity index (χ2v) is 10.3. The Morgan fingerprint density at radius 1 is 0.867 bits per heavy atom. The maximum Gasteiger partial charge on any atom is 0.243 e. The molecule has 1 aromatic carbocycles. The van der Waals surface area contributed by atoms with E-state index in [1.165, 1.54) is 0 Å². The van der Waals surface area contributed by atoms with Crippen LogP contribution in [0.3, 0.4) is 0 Å². The van der Waals surface area contributed by atoms with Gasteiger partial charge in [0.05, 0.1) is 4.90 Å². The minimum absolute atomic E-state index is 0.0120. The molecule has 158 valence electrons. The molecular formula is C21H26N6O2S. The van der Waals surface area contributed by atoms with E-state index in [2.05, 4.69) is 41.0 Å². The Morgan fingerprint density at radius 2 is 1.50 bits per heavy atom. The largest absolute Gasteiger partial charge is 0.352 e. The van der Waals surface area contributed by atoms with E-state index < -0.39 is 10.0 Å². The molecule has 8 nitrogen and oxygen atoms in total.